The van der Waals surface area contributed by atoms with Crippen molar-refractivity contribution in [2.45, 2.75) is 19.9 Å². The SMILES string of the molecule is Cc1ccc(N(C)C(CN)c2cc(Cl)cs2)c(C)c1. The fourth-order valence-electron chi connectivity index (χ4n) is 2.34. The third kappa shape index (κ3) is 3.11. The van der Waals surface area contributed by atoms with Gasteiger partial charge < -0.3 is 10.6 Å². The van der Waals surface area contributed by atoms with Gasteiger partial charge >= 0.3 is 0 Å². The van der Waals surface area contributed by atoms with Crippen LogP contribution in [-0.2, 0) is 0 Å². The number of rotatable bonds is 4. The zero-order chi connectivity index (χ0) is 14.0. The summed E-state index contributed by atoms with van der Waals surface area (Å²) in [7, 11) is 2.09. The molecule has 2 N–H and O–H groups in total. The van der Waals surface area contributed by atoms with E-state index in [4.69, 9.17) is 17.3 Å². The van der Waals surface area contributed by atoms with Crippen LogP contribution in [0.25, 0.3) is 0 Å². The Morgan fingerprint density at radius 3 is 2.58 bits per heavy atom. The van der Waals surface area contributed by atoms with Crippen LogP contribution in [0.1, 0.15) is 22.0 Å². The molecular formula is C15H19ClN2S. The number of anilines is 1. The van der Waals surface area contributed by atoms with Crippen LogP contribution in [0.5, 0.6) is 0 Å². The fourth-order valence-corrected chi connectivity index (χ4v) is 3.58. The molecule has 0 saturated carbocycles. The van der Waals surface area contributed by atoms with Gasteiger partial charge in [-0.2, -0.15) is 0 Å². The number of hydrogen-bond acceptors (Lipinski definition) is 3. The van der Waals surface area contributed by atoms with Crippen molar-refractivity contribution in [1.82, 2.24) is 0 Å². The van der Waals surface area contributed by atoms with E-state index < -0.39 is 0 Å². The third-order valence-corrected chi connectivity index (χ3v) is 4.72. The van der Waals surface area contributed by atoms with Crippen LogP contribution in [0.4, 0.5) is 5.69 Å². The summed E-state index contributed by atoms with van der Waals surface area (Å²) < 4.78 is 0. The number of likely N-dealkylation sites (N-methyl/N-ethyl adjacent to an activating group) is 1. The second-order valence-electron chi connectivity index (χ2n) is 4.82. The van der Waals surface area contributed by atoms with Gasteiger partial charge in [0.1, 0.15) is 0 Å². The number of thiophene rings is 1. The lowest BCUT2D eigenvalue weighted by Crippen LogP contribution is -2.30. The molecule has 0 amide bonds. The summed E-state index contributed by atoms with van der Waals surface area (Å²) in [4.78, 5) is 3.44. The Morgan fingerprint density at radius 1 is 1.32 bits per heavy atom. The fraction of sp³-hybridized carbons (Fsp3) is 0.333. The molecule has 0 fully saturated rings. The number of hydrogen-bond donors (Lipinski definition) is 1. The van der Waals surface area contributed by atoms with E-state index in [-0.39, 0.29) is 6.04 Å². The van der Waals surface area contributed by atoms with Crippen LogP contribution in [0, 0.1) is 13.8 Å². The Kier molecular flexibility index (Phi) is 4.50. The van der Waals surface area contributed by atoms with Crippen LogP contribution in [0.15, 0.2) is 29.6 Å². The zero-order valence-corrected chi connectivity index (χ0v) is 13.1. The smallest absolute Gasteiger partial charge is 0.0754 e. The Balaban J connectivity index is 2.32. The summed E-state index contributed by atoms with van der Waals surface area (Å²) in [5, 5.41) is 2.74. The number of nitrogens with two attached hydrogens (primary N) is 1. The topological polar surface area (TPSA) is 29.3 Å². The molecule has 0 saturated heterocycles. The van der Waals surface area contributed by atoms with Crippen molar-refractivity contribution < 1.29 is 0 Å². The maximum Gasteiger partial charge on any atom is 0.0754 e. The molecule has 0 bridgehead atoms. The Morgan fingerprint density at radius 2 is 2.05 bits per heavy atom. The standard InChI is InChI=1S/C15H19ClN2S/c1-10-4-5-13(11(2)6-10)18(3)14(8-17)15-7-12(16)9-19-15/h4-7,9,14H,8,17H2,1-3H3. The molecule has 4 heteroatoms. The highest BCUT2D eigenvalue weighted by molar-refractivity contribution is 7.10. The molecule has 1 aromatic carbocycles. The molecule has 1 atom stereocenters. The van der Waals surface area contributed by atoms with Gasteiger partial charge in [0.05, 0.1) is 11.1 Å². The monoisotopic (exact) mass is 294 g/mol. The van der Waals surface area contributed by atoms with Gasteiger partial charge in [-0.15, -0.1) is 11.3 Å². The van der Waals surface area contributed by atoms with Crippen LogP contribution in [-0.4, -0.2) is 13.6 Å². The average Bonchev–Trinajstić information content (AvgIpc) is 2.76. The summed E-state index contributed by atoms with van der Waals surface area (Å²) in [5.41, 5.74) is 9.71. The van der Waals surface area contributed by atoms with E-state index in [1.54, 1.807) is 11.3 Å². The van der Waals surface area contributed by atoms with Gasteiger partial charge in [-0.3, -0.25) is 0 Å². The predicted octanol–water partition coefficient (Wildman–Crippen LogP) is 4.15. The summed E-state index contributed by atoms with van der Waals surface area (Å²) in [6, 6.07) is 8.65. The number of aryl methyl sites for hydroxylation is 2. The normalized spacial score (nSPS) is 12.5. The molecule has 0 aliphatic rings. The van der Waals surface area contributed by atoms with Crippen molar-refractivity contribution >= 4 is 28.6 Å². The van der Waals surface area contributed by atoms with Crippen molar-refractivity contribution in [1.29, 1.82) is 0 Å². The van der Waals surface area contributed by atoms with Crippen LogP contribution in [0.3, 0.4) is 0 Å². The third-order valence-electron chi connectivity index (χ3n) is 3.34. The van der Waals surface area contributed by atoms with Gasteiger partial charge in [-0.1, -0.05) is 29.3 Å². The van der Waals surface area contributed by atoms with Crippen LogP contribution in [0.2, 0.25) is 5.02 Å². The molecule has 2 nitrogen and oxygen atoms in total. The largest absolute Gasteiger partial charge is 0.365 e. The molecule has 0 aliphatic heterocycles. The Hall–Kier alpha value is -1.03. The molecule has 19 heavy (non-hydrogen) atoms. The second-order valence-corrected chi connectivity index (χ2v) is 6.20. The first kappa shape index (κ1) is 14.4. The molecule has 0 aliphatic carbocycles. The van der Waals surface area contributed by atoms with E-state index >= 15 is 0 Å². The lowest BCUT2D eigenvalue weighted by molar-refractivity contribution is 0.691. The summed E-state index contributed by atoms with van der Waals surface area (Å²) in [6.45, 7) is 4.81. The Bertz CT molecular complexity index is 565. The van der Waals surface area contributed by atoms with Crippen molar-refractivity contribution in [2.24, 2.45) is 5.73 Å². The first-order chi connectivity index (χ1) is 9.02. The maximum absolute atomic E-state index is 6.02. The highest BCUT2D eigenvalue weighted by Crippen LogP contribution is 2.32. The van der Waals surface area contributed by atoms with Gasteiger partial charge in [0, 0.05) is 29.5 Å². The van der Waals surface area contributed by atoms with E-state index in [9.17, 15) is 0 Å². The van der Waals surface area contributed by atoms with E-state index in [2.05, 4.69) is 44.0 Å². The first-order valence-electron chi connectivity index (χ1n) is 6.27. The van der Waals surface area contributed by atoms with Gasteiger partial charge in [-0.05, 0) is 31.5 Å². The lowest BCUT2D eigenvalue weighted by atomic mass is 10.1. The van der Waals surface area contributed by atoms with Gasteiger partial charge in [-0.25, -0.2) is 0 Å². The van der Waals surface area contributed by atoms with Crippen molar-refractivity contribution in [3.8, 4) is 0 Å². The molecule has 1 heterocycles. The zero-order valence-electron chi connectivity index (χ0n) is 11.5. The van der Waals surface area contributed by atoms with Crippen molar-refractivity contribution in [3.63, 3.8) is 0 Å². The molecular weight excluding hydrogens is 276 g/mol. The summed E-state index contributed by atoms with van der Waals surface area (Å²) in [5.74, 6) is 0. The minimum absolute atomic E-state index is 0.166. The van der Waals surface area contributed by atoms with E-state index in [0.29, 0.717) is 6.54 Å². The number of nitrogens with zero attached hydrogens (tertiary/aromatic N) is 1. The van der Waals surface area contributed by atoms with E-state index in [1.807, 2.05) is 11.4 Å². The van der Waals surface area contributed by atoms with Crippen molar-refractivity contribution in [2.75, 3.05) is 18.5 Å². The molecule has 1 unspecified atom stereocenters. The molecule has 102 valence electrons. The quantitative estimate of drug-likeness (QED) is 0.917. The van der Waals surface area contributed by atoms with E-state index in [0.717, 1.165) is 5.02 Å². The highest BCUT2D eigenvalue weighted by Gasteiger charge is 2.19. The van der Waals surface area contributed by atoms with Gasteiger partial charge in [0.15, 0.2) is 0 Å². The molecule has 1 aromatic heterocycles. The van der Waals surface area contributed by atoms with Gasteiger partial charge in [0.25, 0.3) is 0 Å². The van der Waals surface area contributed by atoms with E-state index in [1.165, 1.54) is 21.7 Å². The Labute approximate surface area is 123 Å². The number of benzene rings is 1. The minimum Gasteiger partial charge on any atom is -0.365 e. The summed E-state index contributed by atoms with van der Waals surface area (Å²) in [6.07, 6.45) is 0. The molecule has 0 radical (unpaired) electrons. The van der Waals surface area contributed by atoms with Gasteiger partial charge in [0.2, 0.25) is 0 Å². The molecule has 0 spiro atoms. The minimum atomic E-state index is 0.166. The average molecular weight is 295 g/mol. The maximum atomic E-state index is 6.02. The molecule has 2 aromatic rings. The van der Waals surface area contributed by atoms with Crippen LogP contribution < -0.4 is 10.6 Å². The van der Waals surface area contributed by atoms with Crippen LogP contribution >= 0.6 is 22.9 Å². The second kappa shape index (κ2) is 5.95. The number of halogens is 1. The lowest BCUT2D eigenvalue weighted by Gasteiger charge is -2.29. The summed E-state index contributed by atoms with van der Waals surface area (Å²) >= 11 is 7.68. The van der Waals surface area contributed by atoms with Crippen molar-refractivity contribution in [3.05, 3.63) is 50.7 Å². The predicted molar refractivity (Wildman–Crippen MR) is 85.4 cm³/mol. The highest BCUT2D eigenvalue weighted by atomic mass is 35.5. The molecule has 2 rings (SSSR count). The first-order valence-corrected chi connectivity index (χ1v) is 7.52.